The summed E-state index contributed by atoms with van der Waals surface area (Å²) in [5, 5.41) is 9.17. The van der Waals surface area contributed by atoms with E-state index in [0.717, 1.165) is 6.92 Å². The first-order valence-electron chi connectivity index (χ1n) is 6.48. The molecule has 0 aromatic carbocycles. The van der Waals surface area contributed by atoms with Crippen molar-refractivity contribution in [3.05, 3.63) is 0 Å². The molecule has 0 bridgehead atoms. The third-order valence-corrected chi connectivity index (χ3v) is 4.19. The zero-order chi connectivity index (χ0) is 18.6. The van der Waals surface area contributed by atoms with Crippen molar-refractivity contribution in [1.29, 1.82) is 0 Å². The molecule has 0 radical (unpaired) electrons. The van der Waals surface area contributed by atoms with E-state index in [4.69, 9.17) is 0 Å². The van der Waals surface area contributed by atoms with Crippen molar-refractivity contribution < 1.29 is 49.0 Å². The normalized spacial score (nSPS) is 30.4. The van der Waals surface area contributed by atoms with Crippen molar-refractivity contribution >= 4 is 0 Å². The van der Waals surface area contributed by atoms with Crippen LogP contribution in [0.3, 0.4) is 0 Å². The largest absolute Gasteiger partial charge is 0.426 e. The zero-order valence-corrected chi connectivity index (χ0v) is 11.9. The maximum Gasteiger partial charge on any atom is 0.426 e. The smallest absolute Gasteiger partial charge is 0.373 e. The first-order valence-corrected chi connectivity index (χ1v) is 6.48. The fraction of sp³-hybridized carbons (Fsp3) is 1.00. The van der Waals surface area contributed by atoms with E-state index in [1.54, 1.807) is 0 Å². The zero-order valence-electron chi connectivity index (χ0n) is 11.9. The van der Waals surface area contributed by atoms with E-state index in [9.17, 15) is 49.0 Å². The van der Waals surface area contributed by atoms with Crippen LogP contribution in [0.5, 0.6) is 0 Å². The highest BCUT2D eigenvalue weighted by Gasteiger charge is 2.80. The average Bonchev–Trinajstić information content (AvgIpc) is 2.26. The molecule has 1 aliphatic carbocycles. The maximum atomic E-state index is 14.1. The molecule has 11 heteroatoms. The summed E-state index contributed by atoms with van der Waals surface area (Å²) in [5.41, 5.74) is -5.78. The van der Waals surface area contributed by atoms with Gasteiger partial charge in [-0.15, -0.1) is 0 Å². The first-order chi connectivity index (χ1) is 9.87. The Balaban J connectivity index is 3.53. The quantitative estimate of drug-likeness (QED) is 0.699. The molecule has 0 heterocycles. The van der Waals surface area contributed by atoms with Gasteiger partial charge < -0.3 is 5.11 Å². The standard InChI is InChI=1S/C12H14F10O/c1-5-3-6(8(2,13)14)9(15,16)7(4-5)10(23,11(17,18)19)12(20,21)22/h5-7,23H,3-4H2,1-2H3. The minimum absolute atomic E-state index is 0.000901. The Morgan fingerprint density at radius 1 is 0.826 bits per heavy atom. The molecule has 138 valence electrons. The van der Waals surface area contributed by atoms with E-state index < -0.39 is 60.4 Å². The maximum absolute atomic E-state index is 14.1. The second kappa shape index (κ2) is 5.38. The summed E-state index contributed by atoms with van der Waals surface area (Å²) in [6, 6.07) is 0. The van der Waals surface area contributed by atoms with Crippen molar-refractivity contribution in [3.63, 3.8) is 0 Å². The van der Waals surface area contributed by atoms with Crippen molar-refractivity contribution in [3.8, 4) is 0 Å². The Labute approximate surface area is 124 Å². The van der Waals surface area contributed by atoms with Crippen LogP contribution < -0.4 is 0 Å². The van der Waals surface area contributed by atoms with E-state index in [-0.39, 0.29) is 6.92 Å². The summed E-state index contributed by atoms with van der Waals surface area (Å²) < 4.78 is 132. The molecule has 1 aliphatic rings. The van der Waals surface area contributed by atoms with Crippen molar-refractivity contribution in [1.82, 2.24) is 0 Å². The Morgan fingerprint density at radius 3 is 1.48 bits per heavy atom. The van der Waals surface area contributed by atoms with Crippen LogP contribution in [0.25, 0.3) is 0 Å². The van der Waals surface area contributed by atoms with Gasteiger partial charge in [0, 0.05) is 0 Å². The minimum atomic E-state index is -6.50. The van der Waals surface area contributed by atoms with E-state index in [1.807, 2.05) is 0 Å². The molecule has 0 saturated heterocycles. The van der Waals surface area contributed by atoms with Gasteiger partial charge >= 0.3 is 12.4 Å². The van der Waals surface area contributed by atoms with Crippen LogP contribution in [0.1, 0.15) is 26.7 Å². The molecule has 1 saturated carbocycles. The van der Waals surface area contributed by atoms with Crippen molar-refractivity contribution in [2.24, 2.45) is 17.8 Å². The van der Waals surface area contributed by atoms with Crippen LogP contribution in [-0.4, -0.2) is 34.9 Å². The molecule has 1 N–H and O–H groups in total. The van der Waals surface area contributed by atoms with Gasteiger partial charge in [-0.3, -0.25) is 0 Å². The van der Waals surface area contributed by atoms with E-state index in [2.05, 4.69) is 0 Å². The highest BCUT2D eigenvalue weighted by Crippen LogP contribution is 2.60. The number of hydrogen-bond donors (Lipinski definition) is 1. The van der Waals surface area contributed by atoms with Crippen LogP contribution in [0.15, 0.2) is 0 Å². The summed E-state index contributed by atoms with van der Waals surface area (Å²) in [4.78, 5) is 0. The molecular formula is C12H14F10O. The van der Waals surface area contributed by atoms with Crippen LogP contribution in [-0.2, 0) is 0 Å². The molecule has 3 unspecified atom stereocenters. The number of aliphatic hydroxyl groups is 1. The third-order valence-electron chi connectivity index (χ3n) is 4.19. The van der Waals surface area contributed by atoms with Gasteiger partial charge in [-0.2, -0.15) is 26.3 Å². The highest BCUT2D eigenvalue weighted by molar-refractivity contribution is 5.09. The summed E-state index contributed by atoms with van der Waals surface area (Å²) >= 11 is 0. The third kappa shape index (κ3) is 3.25. The predicted molar refractivity (Wildman–Crippen MR) is 58.0 cm³/mol. The summed E-state index contributed by atoms with van der Waals surface area (Å²) in [6.07, 6.45) is -15.3. The van der Waals surface area contributed by atoms with Crippen LogP contribution in [0.4, 0.5) is 43.9 Å². The molecule has 23 heavy (non-hydrogen) atoms. The van der Waals surface area contributed by atoms with Gasteiger partial charge in [0.25, 0.3) is 17.4 Å². The highest BCUT2D eigenvalue weighted by atomic mass is 19.4. The summed E-state index contributed by atoms with van der Waals surface area (Å²) in [6.45, 7) is 0.981. The lowest BCUT2D eigenvalue weighted by Gasteiger charge is -2.49. The van der Waals surface area contributed by atoms with Gasteiger partial charge in [0.15, 0.2) is 0 Å². The molecular weight excluding hydrogens is 350 g/mol. The number of halogens is 10. The van der Waals surface area contributed by atoms with Crippen molar-refractivity contribution in [2.45, 2.75) is 56.5 Å². The van der Waals surface area contributed by atoms with Gasteiger partial charge in [-0.05, 0) is 25.7 Å². The van der Waals surface area contributed by atoms with E-state index >= 15 is 0 Å². The van der Waals surface area contributed by atoms with E-state index in [0.29, 0.717) is 0 Å². The topological polar surface area (TPSA) is 20.2 Å². The molecule has 1 nitrogen and oxygen atoms in total. The Bertz CT molecular complexity index is 419. The van der Waals surface area contributed by atoms with Crippen LogP contribution in [0.2, 0.25) is 0 Å². The van der Waals surface area contributed by atoms with Gasteiger partial charge in [0.2, 0.25) is 0 Å². The Morgan fingerprint density at radius 2 is 1.17 bits per heavy atom. The second-order valence-corrected chi connectivity index (χ2v) is 6.07. The molecule has 0 aromatic rings. The fourth-order valence-electron chi connectivity index (χ4n) is 3.01. The number of hydrogen-bond acceptors (Lipinski definition) is 1. The number of rotatable bonds is 2. The van der Waals surface area contributed by atoms with Gasteiger partial charge in [-0.1, -0.05) is 6.92 Å². The lowest BCUT2D eigenvalue weighted by Crippen LogP contribution is -2.69. The SMILES string of the molecule is CC1CC(C(C)(F)F)C(F)(F)C(C(O)(C(F)(F)F)C(F)(F)F)C1. The van der Waals surface area contributed by atoms with E-state index in [1.165, 1.54) is 0 Å². The molecule has 0 spiro atoms. The molecule has 0 amide bonds. The Kier molecular flexibility index (Phi) is 4.75. The van der Waals surface area contributed by atoms with Crippen molar-refractivity contribution in [2.75, 3.05) is 0 Å². The van der Waals surface area contributed by atoms with Gasteiger partial charge in [0.05, 0.1) is 11.8 Å². The molecule has 1 fully saturated rings. The second-order valence-electron chi connectivity index (χ2n) is 6.07. The lowest BCUT2D eigenvalue weighted by atomic mass is 9.64. The van der Waals surface area contributed by atoms with Gasteiger partial charge in [-0.25, -0.2) is 17.6 Å². The minimum Gasteiger partial charge on any atom is -0.373 e. The lowest BCUT2D eigenvalue weighted by molar-refractivity contribution is -0.412. The first kappa shape index (κ1) is 20.3. The molecule has 1 rings (SSSR count). The molecule has 3 atom stereocenters. The predicted octanol–water partition coefficient (Wildman–Crippen LogP) is 4.79. The monoisotopic (exact) mass is 364 g/mol. The summed E-state index contributed by atoms with van der Waals surface area (Å²) in [5.74, 6) is -17.4. The molecule has 0 aromatic heterocycles. The average molecular weight is 364 g/mol. The fourth-order valence-corrected chi connectivity index (χ4v) is 3.01. The van der Waals surface area contributed by atoms with Crippen LogP contribution in [0, 0.1) is 17.8 Å². The number of alkyl halides is 10. The van der Waals surface area contributed by atoms with Crippen LogP contribution >= 0.6 is 0 Å². The molecule has 0 aliphatic heterocycles. The van der Waals surface area contributed by atoms with Gasteiger partial charge in [0.1, 0.15) is 0 Å². The summed E-state index contributed by atoms with van der Waals surface area (Å²) in [7, 11) is 0. The Hall–Kier alpha value is -0.740.